The third-order valence-electron chi connectivity index (χ3n) is 3.66. The van der Waals surface area contributed by atoms with Crippen LogP contribution in [0.15, 0.2) is 41.5 Å². The highest BCUT2D eigenvalue weighted by Gasteiger charge is 2.05. The summed E-state index contributed by atoms with van der Waals surface area (Å²) in [6, 6.07) is 10.0. The lowest BCUT2D eigenvalue weighted by Gasteiger charge is -2.15. The number of hydrogen-bond acceptors (Lipinski definition) is 4. The molecule has 1 aromatic heterocycles. The molecule has 0 saturated carbocycles. The molecule has 1 aromatic carbocycles. The topological polar surface area (TPSA) is 67.8 Å². The first-order chi connectivity index (χ1) is 12.2. The minimum Gasteiger partial charge on any atom is -0.494 e. The van der Waals surface area contributed by atoms with E-state index in [9.17, 15) is 0 Å². The van der Waals surface area contributed by atoms with Crippen LogP contribution in [0, 0.1) is 6.92 Å². The number of hydrogen-bond donors (Lipinski definition) is 2. The Kier molecular flexibility index (Phi) is 9.79. The van der Waals surface area contributed by atoms with Gasteiger partial charge in [0, 0.05) is 38.0 Å². The molecule has 0 aliphatic heterocycles. The van der Waals surface area contributed by atoms with E-state index in [0.29, 0.717) is 25.6 Å². The van der Waals surface area contributed by atoms with Crippen LogP contribution in [-0.2, 0) is 13.1 Å². The van der Waals surface area contributed by atoms with E-state index in [2.05, 4.69) is 45.7 Å². The minimum absolute atomic E-state index is 0. The molecule has 6 nitrogen and oxygen atoms in total. The number of pyridine rings is 1. The van der Waals surface area contributed by atoms with E-state index < -0.39 is 0 Å². The Labute approximate surface area is 172 Å². The number of rotatable bonds is 7. The normalized spacial score (nSPS) is 10.7. The second-order valence-corrected chi connectivity index (χ2v) is 5.53. The Morgan fingerprint density at radius 1 is 1.15 bits per heavy atom. The van der Waals surface area contributed by atoms with Crippen LogP contribution in [0.2, 0.25) is 0 Å². The second-order valence-electron chi connectivity index (χ2n) is 5.53. The van der Waals surface area contributed by atoms with E-state index in [-0.39, 0.29) is 24.0 Å². The van der Waals surface area contributed by atoms with Gasteiger partial charge in [0.2, 0.25) is 5.88 Å². The highest BCUT2D eigenvalue weighted by atomic mass is 127. The molecule has 2 aromatic rings. The first-order valence-corrected chi connectivity index (χ1v) is 8.32. The summed E-state index contributed by atoms with van der Waals surface area (Å²) in [4.78, 5) is 8.45. The van der Waals surface area contributed by atoms with Crippen LogP contribution in [0.25, 0.3) is 0 Å². The van der Waals surface area contributed by atoms with Gasteiger partial charge in [0.15, 0.2) is 5.96 Å². The number of methoxy groups -OCH3 is 1. The number of nitrogens with one attached hydrogen (secondary N) is 2. The first-order valence-electron chi connectivity index (χ1n) is 8.32. The Bertz CT molecular complexity index is 705. The smallest absolute Gasteiger partial charge is 0.212 e. The third kappa shape index (κ3) is 6.70. The Morgan fingerprint density at radius 2 is 1.92 bits per heavy atom. The summed E-state index contributed by atoms with van der Waals surface area (Å²) in [5, 5.41) is 6.58. The second kappa shape index (κ2) is 11.6. The molecule has 0 unspecified atom stereocenters. The maximum atomic E-state index is 5.71. The van der Waals surface area contributed by atoms with E-state index in [1.807, 2.05) is 19.1 Å². The van der Waals surface area contributed by atoms with Crippen LogP contribution < -0.4 is 20.1 Å². The van der Waals surface area contributed by atoms with Crippen molar-refractivity contribution >= 4 is 29.9 Å². The van der Waals surface area contributed by atoms with E-state index >= 15 is 0 Å². The average molecular weight is 470 g/mol. The molecule has 0 radical (unpaired) electrons. The molecule has 0 amide bonds. The summed E-state index contributed by atoms with van der Waals surface area (Å²) in [7, 11) is 3.35. The van der Waals surface area contributed by atoms with Crippen molar-refractivity contribution in [1.29, 1.82) is 0 Å². The zero-order valence-corrected chi connectivity index (χ0v) is 18.0. The fourth-order valence-electron chi connectivity index (χ4n) is 2.32. The molecule has 0 aliphatic rings. The number of ether oxygens (including phenoxy) is 2. The van der Waals surface area contributed by atoms with Crippen LogP contribution in [0.3, 0.4) is 0 Å². The number of aromatic nitrogens is 1. The number of aryl methyl sites for hydroxylation is 1. The van der Waals surface area contributed by atoms with Crippen molar-refractivity contribution in [2.45, 2.75) is 26.9 Å². The standard InChI is InChI=1S/C19H26N4O2.HI/c1-5-25-17-10-14(2)6-8-16(17)13-23-19(20-3)22-12-15-7-9-18(24-4)21-11-15;/h6-11H,5,12-13H2,1-4H3,(H2,20,22,23);1H. The van der Waals surface area contributed by atoms with E-state index in [4.69, 9.17) is 9.47 Å². The van der Waals surface area contributed by atoms with Gasteiger partial charge in [-0.1, -0.05) is 18.2 Å². The van der Waals surface area contributed by atoms with Crippen LogP contribution >= 0.6 is 24.0 Å². The summed E-state index contributed by atoms with van der Waals surface area (Å²) >= 11 is 0. The van der Waals surface area contributed by atoms with Gasteiger partial charge in [0.25, 0.3) is 0 Å². The van der Waals surface area contributed by atoms with Crippen molar-refractivity contribution in [2.24, 2.45) is 4.99 Å². The van der Waals surface area contributed by atoms with Crippen molar-refractivity contribution in [3.8, 4) is 11.6 Å². The quantitative estimate of drug-likeness (QED) is 0.370. The molecule has 0 bridgehead atoms. The van der Waals surface area contributed by atoms with Gasteiger partial charge in [0.05, 0.1) is 13.7 Å². The molecule has 0 saturated heterocycles. The number of benzene rings is 1. The van der Waals surface area contributed by atoms with Crippen LogP contribution in [0.4, 0.5) is 0 Å². The van der Waals surface area contributed by atoms with Gasteiger partial charge in [-0.25, -0.2) is 4.98 Å². The molecular weight excluding hydrogens is 443 g/mol. The van der Waals surface area contributed by atoms with Crippen molar-refractivity contribution in [2.75, 3.05) is 20.8 Å². The maximum absolute atomic E-state index is 5.71. The number of guanidine groups is 1. The fourth-order valence-corrected chi connectivity index (χ4v) is 2.32. The minimum atomic E-state index is 0. The third-order valence-corrected chi connectivity index (χ3v) is 3.66. The molecule has 7 heteroatoms. The van der Waals surface area contributed by atoms with Gasteiger partial charge in [-0.2, -0.15) is 0 Å². The highest BCUT2D eigenvalue weighted by molar-refractivity contribution is 14.0. The van der Waals surface area contributed by atoms with Crippen molar-refractivity contribution < 1.29 is 9.47 Å². The molecule has 0 atom stereocenters. The van der Waals surface area contributed by atoms with Crippen molar-refractivity contribution in [1.82, 2.24) is 15.6 Å². The molecule has 26 heavy (non-hydrogen) atoms. The Balaban J connectivity index is 0.00000338. The van der Waals surface area contributed by atoms with Crippen LogP contribution in [0.1, 0.15) is 23.6 Å². The fraction of sp³-hybridized carbons (Fsp3) is 0.368. The van der Waals surface area contributed by atoms with E-state index in [0.717, 1.165) is 22.8 Å². The zero-order valence-electron chi connectivity index (χ0n) is 15.7. The van der Waals surface area contributed by atoms with Gasteiger partial charge in [-0.3, -0.25) is 4.99 Å². The summed E-state index contributed by atoms with van der Waals surface area (Å²) in [5.74, 6) is 2.23. The molecule has 0 aliphatic carbocycles. The average Bonchev–Trinajstić information content (AvgIpc) is 2.64. The molecule has 142 valence electrons. The van der Waals surface area contributed by atoms with E-state index in [1.54, 1.807) is 20.4 Å². The Hall–Kier alpha value is -2.03. The molecule has 0 spiro atoms. The summed E-state index contributed by atoms with van der Waals surface area (Å²) in [5.41, 5.74) is 3.33. The molecular formula is C19H27IN4O2. The molecule has 0 fully saturated rings. The van der Waals surface area contributed by atoms with Crippen LogP contribution in [-0.4, -0.2) is 31.7 Å². The summed E-state index contributed by atoms with van der Waals surface area (Å²) < 4.78 is 10.8. The number of nitrogens with zero attached hydrogens (tertiary/aromatic N) is 2. The lowest BCUT2D eigenvalue weighted by molar-refractivity contribution is 0.336. The molecule has 2 rings (SSSR count). The van der Waals surface area contributed by atoms with E-state index in [1.165, 1.54) is 5.56 Å². The molecule has 2 N–H and O–H groups in total. The van der Waals surface area contributed by atoms with Gasteiger partial charge in [-0.15, -0.1) is 24.0 Å². The maximum Gasteiger partial charge on any atom is 0.212 e. The number of halogens is 1. The lowest BCUT2D eigenvalue weighted by atomic mass is 10.1. The van der Waals surface area contributed by atoms with Gasteiger partial charge >= 0.3 is 0 Å². The highest BCUT2D eigenvalue weighted by Crippen LogP contribution is 2.20. The van der Waals surface area contributed by atoms with Crippen molar-refractivity contribution in [3.05, 3.63) is 53.2 Å². The largest absolute Gasteiger partial charge is 0.494 e. The van der Waals surface area contributed by atoms with Crippen molar-refractivity contribution in [3.63, 3.8) is 0 Å². The summed E-state index contributed by atoms with van der Waals surface area (Å²) in [6.45, 7) is 5.96. The number of aliphatic imine (C=N–C) groups is 1. The monoisotopic (exact) mass is 470 g/mol. The van der Waals surface area contributed by atoms with Gasteiger partial charge in [0.1, 0.15) is 5.75 Å². The first kappa shape index (κ1) is 22.0. The zero-order chi connectivity index (χ0) is 18.1. The molecule has 1 heterocycles. The SMILES string of the molecule is CCOc1cc(C)ccc1CNC(=NC)NCc1ccc(OC)nc1.I. The summed E-state index contributed by atoms with van der Waals surface area (Å²) in [6.07, 6.45) is 1.78. The van der Waals surface area contributed by atoms with Gasteiger partial charge < -0.3 is 20.1 Å². The lowest BCUT2D eigenvalue weighted by Crippen LogP contribution is -2.36. The van der Waals surface area contributed by atoms with Gasteiger partial charge in [-0.05, 0) is 31.0 Å². The predicted molar refractivity (Wildman–Crippen MR) is 116 cm³/mol. The van der Waals surface area contributed by atoms with Crippen LogP contribution in [0.5, 0.6) is 11.6 Å². The Morgan fingerprint density at radius 3 is 2.54 bits per heavy atom. The predicted octanol–water partition coefficient (Wildman–Crippen LogP) is 3.28.